The topological polar surface area (TPSA) is 17.1 Å². The van der Waals surface area contributed by atoms with Gasteiger partial charge >= 0.3 is 6.18 Å². The minimum Gasteiger partial charge on any atom is -0.289 e. The molecule has 92 valence electrons. The highest BCUT2D eigenvalue weighted by Gasteiger charge is 2.66. The van der Waals surface area contributed by atoms with Crippen LogP contribution in [0.3, 0.4) is 0 Å². The Kier molecular flexibility index (Phi) is 2.56. The van der Waals surface area contributed by atoms with Gasteiger partial charge in [0.25, 0.3) is 0 Å². The Morgan fingerprint density at radius 3 is 2.18 bits per heavy atom. The lowest BCUT2D eigenvalue weighted by Crippen LogP contribution is -2.26. The maximum absolute atomic E-state index is 12.4. The maximum atomic E-state index is 12.4. The Morgan fingerprint density at radius 2 is 1.71 bits per heavy atom. The van der Waals surface area contributed by atoms with Gasteiger partial charge in [0.05, 0.1) is 0 Å². The Balaban J connectivity index is 2.26. The summed E-state index contributed by atoms with van der Waals surface area (Å²) in [4.78, 5) is 11.3. The fourth-order valence-electron chi connectivity index (χ4n) is 2.59. The third kappa shape index (κ3) is 1.96. The van der Waals surface area contributed by atoms with Gasteiger partial charge < -0.3 is 0 Å². The van der Waals surface area contributed by atoms with Crippen LogP contribution in [-0.4, -0.2) is 12.0 Å². The second-order valence-corrected chi connectivity index (χ2v) is 5.05. The van der Waals surface area contributed by atoms with E-state index in [1.165, 1.54) is 0 Å². The molecule has 17 heavy (non-hydrogen) atoms. The van der Waals surface area contributed by atoms with Crippen LogP contribution in [0.5, 0.6) is 0 Å². The molecule has 4 heteroatoms. The Hall–Kier alpha value is -1.32. The molecule has 1 nitrogen and oxygen atoms in total. The van der Waals surface area contributed by atoms with Gasteiger partial charge in [0.1, 0.15) is 0 Å². The van der Waals surface area contributed by atoms with E-state index in [2.05, 4.69) is 0 Å². The molecule has 0 amide bonds. The fourth-order valence-corrected chi connectivity index (χ4v) is 2.59. The third-order valence-corrected chi connectivity index (χ3v) is 3.55. The zero-order valence-electron chi connectivity index (χ0n) is 9.58. The van der Waals surface area contributed by atoms with Crippen molar-refractivity contribution in [2.24, 2.45) is 11.3 Å². The van der Waals surface area contributed by atoms with E-state index in [0.717, 1.165) is 5.56 Å². The zero-order valence-corrected chi connectivity index (χ0v) is 9.58. The largest absolute Gasteiger partial charge is 0.450 e. The highest BCUT2D eigenvalue weighted by Crippen LogP contribution is 2.65. The smallest absolute Gasteiger partial charge is 0.289 e. The summed E-state index contributed by atoms with van der Waals surface area (Å²) >= 11 is 0. The molecule has 1 aromatic carbocycles. The number of rotatable bonds is 2. The van der Waals surface area contributed by atoms with E-state index in [1.54, 1.807) is 44.2 Å². The van der Waals surface area contributed by atoms with Crippen LogP contribution in [0.25, 0.3) is 0 Å². The monoisotopic (exact) mass is 242 g/mol. The van der Waals surface area contributed by atoms with Crippen LogP contribution in [0.2, 0.25) is 0 Å². The average molecular weight is 242 g/mol. The molecule has 1 fully saturated rings. The number of alkyl halides is 3. The normalized spacial score (nSPS) is 26.6. The molecule has 0 aliphatic heterocycles. The summed E-state index contributed by atoms with van der Waals surface area (Å²) in [7, 11) is 0. The van der Waals surface area contributed by atoms with Crippen molar-refractivity contribution in [2.75, 3.05) is 0 Å². The summed E-state index contributed by atoms with van der Waals surface area (Å²) in [5.41, 5.74) is 0.202. The highest BCUT2D eigenvalue weighted by atomic mass is 19.4. The molecule has 1 aromatic rings. The molecular formula is C13H13F3O. The molecule has 2 unspecified atom stereocenters. The standard InChI is InChI=1S/C13H13F3O/c1-12(2)9(8-6-4-3-5-7-8)10(12)11(17)13(14,15)16/h3-7,9-10H,1-2H3. The number of halogens is 3. The second-order valence-electron chi connectivity index (χ2n) is 5.05. The first kappa shape index (κ1) is 12.1. The van der Waals surface area contributed by atoms with Crippen LogP contribution in [0.1, 0.15) is 25.3 Å². The minimum atomic E-state index is -4.73. The number of benzene rings is 1. The molecule has 1 saturated carbocycles. The van der Waals surface area contributed by atoms with Gasteiger partial charge in [-0.25, -0.2) is 0 Å². The van der Waals surface area contributed by atoms with Gasteiger partial charge in [-0.05, 0) is 11.0 Å². The molecule has 2 rings (SSSR count). The summed E-state index contributed by atoms with van der Waals surface area (Å²) in [6.07, 6.45) is -4.73. The van der Waals surface area contributed by atoms with E-state index in [9.17, 15) is 18.0 Å². The van der Waals surface area contributed by atoms with E-state index in [1.807, 2.05) is 0 Å². The van der Waals surface area contributed by atoms with E-state index in [-0.39, 0.29) is 5.92 Å². The molecule has 0 N–H and O–H groups in total. The highest BCUT2D eigenvalue weighted by molar-refractivity contribution is 5.91. The quantitative estimate of drug-likeness (QED) is 0.775. The fraction of sp³-hybridized carbons (Fsp3) is 0.462. The lowest BCUT2D eigenvalue weighted by atomic mass is 10.0. The third-order valence-electron chi connectivity index (χ3n) is 3.55. The van der Waals surface area contributed by atoms with Crippen molar-refractivity contribution >= 4 is 5.78 Å². The van der Waals surface area contributed by atoms with Gasteiger partial charge in [0.2, 0.25) is 5.78 Å². The number of Topliss-reactive ketones (excluding diaryl/α,β-unsaturated/α-hetero) is 1. The molecule has 0 radical (unpaired) electrons. The predicted molar refractivity (Wildman–Crippen MR) is 57.5 cm³/mol. The molecule has 0 spiro atoms. The maximum Gasteiger partial charge on any atom is 0.450 e. The van der Waals surface area contributed by atoms with Crippen LogP contribution in [-0.2, 0) is 4.79 Å². The van der Waals surface area contributed by atoms with Gasteiger partial charge in [-0.2, -0.15) is 13.2 Å². The minimum absolute atomic E-state index is 0.321. The number of ketones is 1. The molecule has 2 atom stereocenters. The number of carbonyl (C=O) groups excluding carboxylic acids is 1. The Labute approximate surface area is 97.6 Å². The van der Waals surface area contributed by atoms with Crippen LogP contribution < -0.4 is 0 Å². The number of carbonyl (C=O) groups is 1. The first-order chi connectivity index (χ1) is 7.76. The first-order valence-corrected chi connectivity index (χ1v) is 5.42. The molecule has 1 aliphatic rings. The first-order valence-electron chi connectivity index (χ1n) is 5.42. The molecule has 0 saturated heterocycles. The summed E-state index contributed by atoms with van der Waals surface area (Å²) in [5, 5.41) is 0. The zero-order chi connectivity index (χ0) is 12.8. The second kappa shape index (κ2) is 3.59. The van der Waals surface area contributed by atoms with Crippen LogP contribution in [0.15, 0.2) is 30.3 Å². The summed E-state index contributed by atoms with van der Waals surface area (Å²) < 4.78 is 37.3. The van der Waals surface area contributed by atoms with Gasteiger partial charge in [-0.1, -0.05) is 44.2 Å². The van der Waals surface area contributed by atoms with Crippen molar-refractivity contribution in [2.45, 2.75) is 25.9 Å². The van der Waals surface area contributed by atoms with Crippen LogP contribution in [0, 0.1) is 11.3 Å². The molecule has 0 aromatic heterocycles. The van der Waals surface area contributed by atoms with Gasteiger partial charge in [-0.3, -0.25) is 4.79 Å². The van der Waals surface area contributed by atoms with Crippen molar-refractivity contribution in [1.29, 1.82) is 0 Å². The van der Waals surface area contributed by atoms with Crippen molar-refractivity contribution < 1.29 is 18.0 Å². The summed E-state index contributed by atoms with van der Waals surface area (Å²) in [6.45, 7) is 3.41. The van der Waals surface area contributed by atoms with E-state index < -0.39 is 23.3 Å². The number of hydrogen-bond donors (Lipinski definition) is 0. The molecule has 0 bridgehead atoms. The summed E-state index contributed by atoms with van der Waals surface area (Å²) in [6, 6.07) is 8.91. The lowest BCUT2D eigenvalue weighted by Gasteiger charge is -2.05. The van der Waals surface area contributed by atoms with Crippen molar-refractivity contribution in [3.63, 3.8) is 0 Å². The molecular weight excluding hydrogens is 229 g/mol. The average Bonchev–Trinajstić information content (AvgIpc) is 2.80. The van der Waals surface area contributed by atoms with Gasteiger partial charge in [0, 0.05) is 11.8 Å². The lowest BCUT2D eigenvalue weighted by molar-refractivity contribution is -0.173. The van der Waals surface area contributed by atoms with Crippen molar-refractivity contribution in [3.05, 3.63) is 35.9 Å². The SMILES string of the molecule is CC1(C)C(C(=O)C(F)(F)F)C1c1ccccc1. The molecule has 1 aliphatic carbocycles. The van der Waals surface area contributed by atoms with Gasteiger partial charge in [-0.15, -0.1) is 0 Å². The van der Waals surface area contributed by atoms with Crippen molar-refractivity contribution in [3.8, 4) is 0 Å². The molecule has 0 heterocycles. The van der Waals surface area contributed by atoms with E-state index in [0.29, 0.717) is 0 Å². The predicted octanol–water partition coefficient (Wildman–Crippen LogP) is 3.56. The summed E-state index contributed by atoms with van der Waals surface area (Å²) in [5.74, 6) is -2.86. The van der Waals surface area contributed by atoms with Gasteiger partial charge in [0.15, 0.2) is 0 Å². The number of hydrogen-bond acceptors (Lipinski definition) is 1. The van der Waals surface area contributed by atoms with Crippen molar-refractivity contribution in [1.82, 2.24) is 0 Å². The van der Waals surface area contributed by atoms with Crippen LogP contribution >= 0.6 is 0 Å². The van der Waals surface area contributed by atoms with Crippen LogP contribution in [0.4, 0.5) is 13.2 Å². The van der Waals surface area contributed by atoms with E-state index >= 15 is 0 Å². The Bertz CT molecular complexity index is 434. The Morgan fingerprint density at radius 1 is 1.18 bits per heavy atom. The van der Waals surface area contributed by atoms with E-state index in [4.69, 9.17) is 0 Å².